The summed E-state index contributed by atoms with van der Waals surface area (Å²) >= 11 is 0. The van der Waals surface area contributed by atoms with Crippen molar-refractivity contribution in [1.82, 2.24) is 0 Å². The molecular weight excluding hydrogens is 228 g/mol. The summed E-state index contributed by atoms with van der Waals surface area (Å²) in [5.41, 5.74) is 7.24. The number of carbonyl (C=O) groups excluding carboxylic acids is 1. The van der Waals surface area contributed by atoms with E-state index in [1.54, 1.807) is 11.9 Å². The molecule has 0 radical (unpaired) electrons. The zero-order chi connectivity index (χ0) is 13.1. The third-order valence-corrected chi connectivity index (χ3v) is 3.52. The Bertz CT molecular complexity index is 434. The van der Waals surface area contributed by atoms with Crippen LogP contribution in [0, 0.1) is 5.92 Å². The lowest BCUT2D eigenvalue weighted by molar-refractivity contribution is -0.123. The SMILES string of the molecule is CCC1OCCC1C(=O)N(C)c1cccc(N)c1. The summed E-state index contributed by atoms with van der Waals surface area (Å²) in [6, 6.07) is 7.38. The van der Waals surface area contributed by atoms with Crippen LogP contribution in [-0.4, -0.2) is 25.7 Å². The molecule has 1 saturated heterocycles. The van der Waals surface area contributed by atoms with E-state index < -0.39 is 0 Å². The van der Waals surface area contributed by atoms with Gasteiger partial charge in [0.15, 0.2) is 0 Å². The van der Waals surface area contributed by atoms with Gasteiger partial charge in [0.1, 0.15) is 0 Å². The molecule has 0 bridgehead atoms. The lowest BCUT2D eigenvalue weighted by Gasteiger charge is -2.24. The van der Waals surface area contributed by atoms with E-state index in [-0.39, 0.29) is 17.9 Å². The first-order chi connectivity index (χ1) is 8.63. The van der Waals surface area contributed by atoms with Gasteiger partial charge in [-0.15, -0.1) is 0 Å². The van der Waals surface area contributed by atoms with E-state index in [0.29, 0.717) is 12.3 Å². The fourth-order valence-corrected chi connectivity index (χ4v) is 2.44. The molecule has 0 aromatic heterocycles. The summed E-state index contributed by atoms with van der Waals surface area (Å²) in [5.74, 6) is 0.0892. The normalized spacial score (nSPS) is 23.0. The second-order valence-electron chi connectivity index (χ2n) is 4.70. The molecular formula is C14H20N2O2. The molecule has 1 aliphatic rings. The van der Waals surface area contributed by atoms with E-state index in [4.69, 9.17) is 10.5 Å². The van der Waals surface area contributed by atoms with Crippen LogP contribution in [0.1, 0.15) is 19.8 Å². The van der Waals surface area contributed by atoms with Gasteiger partial charge in [-0.3, -0.25) is 4.79 Å². The summed E-state index contributed by atoms with van der Waals surface area (Å²) in [4.78, 5) is 14.1. The maximum Gasteiger partial charge on any atom is 0.232 e. The van der Waals surface area contributed by atoms with Crippen molar-refractivity contribution in [3.05, 3.63) is 24.3 Å². The standard InChI is InChI=1S/C14H20N2O2/c1-3-13-12(7-8-18-13)14(17)16(2)11-6-4-5-10(15)9-11/h4-6,9,12-13H,3,7-8,15H2,1-2H3. The molecule has 98 valence electrons. The molecule has 18 heavy (non-hydrogen) atoms. The maximum atomic E-state index is 12.4. The van der Waals surface area contributed by atoms with Gasteiger partial charge in [0.05, 0.1) is 12.0 Å². The molecule has 1 heterocycles. The Balaban J connectivity index is 2.13. The monoisotopic (exact) mass is 248 g/mol. The minimum atomic E-state index is -0.0265. The first-order valence-corrected chi connectivity index (χ1v) is 6.38. The summed E-state index contributed by atoms with van der Waals surface area (Å²) in [6.07, 6.45) is 1.74. The first-order valence-electron chi connectivity index (χ1n) is 6.38. The van der Waals surface area contributed by atoms with Crippen molar-refractivity contribution in [1.29, 1.82) is 0 Å². The Kier molecular flexibility index (Phi) is 3.87. The smallest absolute Gasteiger partial charge is 0.232 e. The van der Waals surface area contributed by atoms with Gasteiger partial charge in [0.2, 0.25) is 5.91 Å². The Labute approximate surface area is 108 Å². The maximum absolute atomic E-state index is 12.4. The van der Waals surface area contributed by atoms with Gasteiger partial charge >= 0.3 is 0 Å². The number of amides is 1. The van der Waals surface area contributed by atoms with Crippen LogP contribution in [0.3, 0.4) is 0 Å². The highest BCUT2D eigenvalue weighted by Crippen LogP contribution is 2.27. The minimum absolute atomic E-state index is 0.0265. The number of ether oxygens (including phenoxy) is 1. The molecule has 4 heteroatoms. The van der Waals surface area contributed by atoms with Gasteiger partial charge in [-0.05, 0) is 31.0 Å². The third-order valence-electron chi connectivity index (χ3n) is 3.52. The lowest BCUT2D eigenvalue weighted by atomic mass is 9.98. The van der Waals surface area contributed by atoms with E-state index in [2.05, 4.69) is 6.92 Å². The molecule has 0 aliphatic carbocycles. The number of carbonyl (C=O) groups is 1. The van der Waals surface area contributed by atoms with E-state index >= 15 is 0 Å². The predicted octanol–water partition coefficient (Wildman–Crippen LogP) is 2.05. The van der Waals surface area contributed by atoms with E-state index in [0.717, 1.165) is 18.5 Å². The van der Waals surface area contributed by atoms with Crippen LogP contribution in [-0.2, 0) is 9.53 Å². The quantitative estimate of drug-likeness (QED) is 0.833. The largest absolute Gasteiger partial charge is 0.399 e. The molecule has 2 unspecified atom stereocenters. The highest BCUT2D eigenvalue weighted by atomic mass is 16.5. The molecule has 0 saturated carbocycles. The number of hydrogen-bond acceptors (Lipinski definition) is 3. The van der Waals surface area contributed by atoms with Crippen molar-refractivity contribution in [2.45, 2.75) is 25.9 Å². The number of rotatable bonds is 3. The highest BCUT2D eigenvalue weighted by molar-refractivity contribution is 5.95. The van der Waals surface area contributed by atoms with Crippen LogP contribution in [0.2, 0.25) is 0 Å². The van der Waals surface area contributed by atoms with Crippen LogP contribution in [0.5, 0.6) is 0 Å². The van der Waals surface area contributed by atoms with Gasteiger partial charge < -0.3 is 15.4 Å². The van der Waals surface area contributed by atoms with Crippen LogP contribution >= 0.6 is 0 Å². The Hall–Kier alpha value is -1.55. The van der Waals surface area contributed by atoms with E-state index in [9.17, 15) is 4.79 Å². The Morgan fingerprint density at radius 2 is 2.33 bits per heavy atom. The molecule has 1 aromatic carbocycles. The Morgan fingerprint density at radius 1 is 1.56 bits per heavy atom. The molecule has 1 fully saturated rings. The molecule has 2 rings (SSSR count). The molecule has 1 aliphatic heterocycles. The topological polar surface area (TPSA) is 55.6 Å². The number of nitrogen functional groups attached to an aromatic ring is 1. The van der Waals surface area contributed by atoms with Crippen molar-refractivity contribution in [3.63, 3.8) is 0 Å². The number of nitrogens with two attached hydrogens (primary N) is 1. The fraction of sp³-hybridized carbons (Fsp3) is 0.500. The summed E-state index contributed by atoms with van der Waals surface area (Å²) in [5, 5.41) is 0. The lowest BCUT2D eigenvalue weighted by Crippen LogP contribution is -2.36. The number of benzene rings is 1. The molecule has 4 nitrogen and oxygen atoms in total. The fourth-order valence-electron chi connectivity index (χ4n) is 2.44. The Morgan fingerprint density at radius 3 is 3.00 bits per heavy atom. The molecule has 1 amide bonds. The summed E-state index contributed by atoms with van der Waals surface area (Å²) in [6.45, 7) is 2.73. The predicted molar refractivity (Wildman–Crippen MR) is 72.4 cm³/mol. The van der Waals surface area contributed by atoms with Gasteiger partial charge in [0.25, 0.3) is 0 Å². The van der Waals surface area contributed by atoms with Crippen molar-refractivity contribution in [2.75, 3.05) is 24.3 Å². The van der Waals surface area contributed by atoms with Crippen molar-refractivity contribution < 1.29 is 9.53 Å². The average molecular weight is 248 g/mol. The minimum Gasteiger partial charge on any atom is -0.399 e. The zero-order valence-electron chi connectivity index (χ0n) is 10.9. The van der Waals surface area contributed by atoms with Crippen molar-refractivity contribution in [2.24, 2.45) is 5.92 Å². The van der Waals surface area contributed by atoms with Gasteiger partial charge in [0, 0.05) is 25.0 Å². The van der Waals surface area contributed by atoms with E-state index in [1.165, 1.54) is 0 Å². The third kappa shape index (κ3) is 2.48. The first kappa shape index (κ1) is 12.9. The van der Waals surface area contributed by atoms with Crippen molar-refractivity contribution in [3.8, 4) is 0 Å². The van der Waals surface area contributed by atoms with Crippen LogP contribution < -0.4 is 10.6 Å². The molecule has 1 aromatic rings. The van der Waals surface area contributed by atoms with Crippen LogP contribution in [0.25, 0.3) is 0 Å². The van der Waals surface area contributed by atoms with Crippen LogP contribution in [0.15, 0.2) is 24.3 Å². The second kappa shape index (κ2) is 5.40. The summed E-state index contributed by atoms with van der Waals surface area (Å²) < 4.78 is 5.57. The second-order valence-corrected chi connectivity index (χ2v) is 4.70. The highest BCUT2D eigenvalue weighted by Gasteiger charge is 2.34. The van der Waals surface area contributed by atoms with E-state index in [1.807, 2.05) is 24.3 Å². The number of anilines is 2. The molecule has 2 atom stereocenters. The summed E-state index contributed by atoms with van der Waals surface area (Å²) in [7, 11) is 1.79. The number of nitrogens with zero attached hydrogens (tertiary/aromatic N) is 1. The van der Waals surface area contributed by atoms with Crippen LogP contribution in [0.4, 0.5) is 11.4 Å². The number of hydrogen-bond donors (Lipinski definition) is 1. The average Bonchev–Trinajstić information content (AvgIpc) is 2.85. The van der Waals surface area contributed by atoms with Gasteiger partial charge in [-0.2, -0.15) is 0 Å². The van der Waals surface area contributed by atoms with Gasteiger partial charge in [-0.1, -0.05) is 13.0 Å². The molecule has 0 spiro atoms. The van der Waals surface area contributed by atoms with Gasteiger partial charge in [-0.25, -0.2) is 0 Å². The zero-order valence-corrected chi connectivity index (χ0v) is 10.9. The molecule has 2 N–H and O–H groups in total. The van der Waals surface area contributed by atoms with Crippen molar-refractivity contribution >= 4 is 17.3 Å².